The van der Waals surface area contributed by atoms with Crippen LogP contribution in [0.25, 0.3) is 0 Å². The predicted molar refractivity (Wildman–Crippen MR) is 181 cm³/mol. The molecule has 4 aromatic rings. The first-order chi connectivity index (χ1) is 21.7. The number of nitrogens with one attached hydrogen (secondary N) is 1. The Morgan fingerprint density at radius 2 is 1.41 bits per heavy atom. The molecule has 0 fully saturated rings. The first-order valence-corrected chi connectivity index (χ1v) is 16.7. The van der Waals surface area contributed by atoms with E-state index in [0.29, 0.717) is 0 Å². The van der Waals surface area contributed by atoms with Gasteiger partial charge in [0.15, 0.2) is 0 Å². The summed E-state index contributed by atoms with van der Waals surface area (Å²) in [6, 6.07) is 28.1. The van der Waals surface area contributed by atoms with E-state index in [9.17, 15) is 28.1 Å². The second-order valence-electron chi connectivity index (χ2n) is 11.7. The molecule has 0 aromatic heterocycles. The number of non-ortho nitro benzene ring substituents is 1. The van der Waals surface area contributed by atoms with Crippen LogP contribution in [0.1, 0.15) is 31.9 Å². The van der Waals surface area contributed by atoms with Gasteiger partial charge in [0.25, 0.3) is 15.7 Å². The summed E-state index contributed by atoms with van der Waals surface area (Å²) < 4.78 is 29.8. The number of nitrogens with zero attached hydrogens (tertiary/aromatic N) is 3. The number of amides is 2. The van der Waals surface area contributed by atoms with E-state index in [1.54, 1.807) is 18.2 Å². The average Bonchev–Trinajstić information content (AvgIpc) is 3.02. The van der Waals surface area contributed by atoms with Gasteiger partial charge in [-0.05, 0) is 68.3 Å². The molecule has 0 aliphatic rings. The van der Waals surface area contributed by atoms with Crippen LogP contribution < -0.4 is 9.62 Å². The zero-order valence-corrected chi connectivity index (χ0v) is 28.1. The lowest BCUT2D eigenvalue weighted by Crippen LogP contribution is -2.56. The maximum absolute atomic E-state index is 14.5. The van der Waals surface area contributed by atoms with Crippen molar-refractivity contribution in [2.75, 3.05) is 10.8 Å². The van der Waals surface area contributed by atoms with Gasteiger partial charge in [-0.15, -0.1) is 0 Å². The minimum atomic E-state index is -4.32. The molecule has 0 saturated carbocycles. The third-order valence-corrected chi connectivity index (χ3v) is 9.31. The van der Waals surface area contributed by atoms with Crippen molar-refractivity contribution < 1.29 is 22.9 Å². The summed E-state index contributed by atoms with van der Waals surface area (Å²) in [5.41, 5.74) is 0.760. The van der Waals surface area contributed by atoms with Gasteiger partial charge < -0.3 is 10.2 Å². The molecule has 2 amide bonds. The van der Waals surface area contributed by atoms with E-state index in [-0.39, 0.29) is 29.2 Å². The number of hydrogen-bond acceptors (Lipinski definition) is 6. The number of halogens is 1. The lowest BCUT2D eigenvalue weighted by molar-refractivity contribution is -0.384. The lowest BCUT2D eigenvalue weighted by Gasteiger charge is -2.35. The minimum absolute atomic E-state index is 0.0145. The lowest BCUT2D eigenvalue weighted by atomic mass is 10.0. The molecule has 46 heavy (non-hydrogen) atoms. The quantitative estimate of drug-likeness (QED) is 0.140. The molecule has 0 aliphatic heterocycles. The number of rotatable bonds is 12. The maximum Gasteiger partial charge on any atom is 0.269 e. The summed E-state index contributed by atoms with van der Waals surface area (Å²) in [4.78, 5) is 40.5. The highest BCUT2D eigenvalue weighted by atomic mass is 79.9. The van der Waals surface area contributed by atoms with E-state index >= 15 is 0 Å². The molecular formula is C34H35BrN4O6S. The SMILES string of the molecule is CC(C)(C)NC(=O)[C@H](Cc1ccccc1)N(Cc1ccc(Br)cc1)C(=O)CN(c1ccc([N+](=O)[O-])cc1)S(=O)(=O)c1ccccc1. The fourth-order valence-corrected chi connectivity index (χ4v) is 6.48. The molecule has 240 valence electrons. The van der Waals surface area contributed by atoms with Gasteiger partial charge in [-0.25, -0.2) is 8.42 Å². The van der Waals surface area contributed by atoms with Crippen LogP contribution in [0.3, 0.4) is 0 Å². The van der Waals surface area contributed by atoms with Gasteiger partial charge in [0.1, 0.15) is 12.6 Å². The molecule has 0 bridgehead atoms. The summed E-state index contributed by atoms with van der Waals surface area (Å²) in [6.45, 7) is 4.87. The molecule has 4 rings (SSSR count). The standard InChI is InChI=1S/C34H35BrN4O6S/c1-34(2,3)36-33(41)31(22-25-10-6-4-7-11-25)37(23-26-14-16-27(35)17-15-26)32(40)24-38(28-18-20-29(21-19-28)39(42)43)46(44,45)30-12-8-5-9-13-30/h4-21,31H,22-24H2,1-3H3,(H,36,41)/t31-/m0/s1. The largest absolute Gasteiger partial charge is 0.350 e. The van der Waals surface area contributed by atoms with Crippen LogP contribution in [0.2, 0.25) is 0 Å². The highest BCUT2D eigenvalue weighted by Gasteiger charge is 2.35. The number of anilines is 1. The van der Waals surface area contributed by atoms with Gasteiger partial charge in [0.2, 0.25) is 11.8 Å². The van der Waals surface area contributed by atoms with Crippen molar-refractivity contribution in [2.45, 2.75) is 50.2 Å². The van der Waals surface area contributed by atoms with Gasteiger partial charge in [-0.1, -0.05) is 76.6 Å². The zero-order valence-electron chi connectivity index (χ0n) is 25.7. The highest BCUT2D eigenvalue weighted by Crippen LogP contribution is 2.27. The average molecular weight is 708 g/mol. The topological polar surface area (TPSA) is 130 Å². The van der Waals surface area contributed by atoms with Crippen molar-refractivity contribution in [1.29, 1.82) is 0 Å². The molecular weight excluding hydrogens is 672 g/mol. The monoisotopic (exact) mass is 706 g/mol. The van der Waals surface area contributed by atoms with Crippen LogP contribution in [-0.2, 0) is 32.6 Å². The Hall–Kier alpha value is -4.55. The first-order valence-electron chi connectivity index (χ1n) is 14.5. The fourth-order valence-electron chi connectivity index (χ4n) is 4.78. The number of carbonyl (C=O) groups excluding carboxylic acids is 2. The smallest absolute Gasteiger partial charge is 0.269 e. The molecule has 0 radical (unpaired) electrons. The van der Waals surface area contributed by atoms with Gasteiger partial charge >= 0.3 is 0 Å². The Bertz CT molecular complexity index is 1760. The van der Waals surface area contributed by atoms with Crippen molar-refractivity contribution >= 4 is 49.1 Å². The van der Waals surface area contributed by atoms with Gasteiger partial charge in [-0.3, -0.25) is 24.0 Å². The molecule has 0 aliphatic carbocycles. The van der Waals surface area contributed by atoms with Crippen LogP contribution in [-0.4, -0.2) is 48.2 Å². The van der Waals surface area contributed by atoms with E-state index in [4.69, 9.17) is 0 Å². The van der Waals surface area contributed by atoms with E-state index in [0.717, 1.165) is 19.9 Å². The molecule has 1 atom stereocenters. The van der Waals surface area contributed by atoms with Crippen LogP contribution >= 0.6 is 15.9 Å². The Morgan fingerprint density at radius 3 is 1.96 bits per heavy atom. The summed E-state index contributed by atoms with van der Waals surface area (Å²) in [6.07, 6.45) is 0.175. The molecule has 0 heterocycles. The Morgan fingerprint density at radius 1 is 0.848 bits per heavy atom. The number of sulfonamides is 1. The van der Waals surface area contributed by atoms with Crippen molar-refractivity contribution in [2.24, 2.45) is 0 Å². The summed E-state index contributed by atoms with van der Waals surface area (Å²) in [5, 5.41) is 14.3. The molecule has 1 N–H and O–H groups in total. The molecule has 4 aromatic carbocycles. The molecule has 12 heteroatoms. The van der Waals surface area contributed by atoms with E-state index < -0.39 is 44.9 Å². The Kier molecular flexibility index (Phi) is 11.0. The third-order valence-electron chi connectivity index (χ3n) is 6.99. The second-order valence-corrected chi connectivity index (χ2v) is 14.5. The van der Waals surface area contributed by atoms with Crippen LogP contribution in [0.15, 0.2) is 119 Å². The van der Waals surface area contributed by atoms with Crippen LogP contribution in [0.5, 0.6) is 0 Å². The normalized spacial score (nSPS) is 12.2. The Balaban J connectivity index is 1.82. The summed E-state index contributed by atoms with van der Waals surface area (Å²) in [5.74, 6) is -1.03. The number of carbonyl (C=O) groups is 2. The second kappa shape index (κ2) is 14.7. The number of nitro groups is 1. The number of nitro benzene ring substituents is 1. The summed E-state index contributed by atoms with van der Waals surface area (Å²) in [7, 11) is -4.32. The minimum Gasteiger partial charge on any atom is -0.350 e. The van der Waals surface area contributed by atoms with Gasteiger partial charge in [0.05, 0.1) is 15.5 Å². The molecule has 10 nitrogen and oxygen atoms in total. The van der Waals surface area contributed by atoms with Gasteiger partial charge in [0, 0.05) is 35.1 Å². The molecule has 0 saturated heterocycles. The maximum atomic E-state index is 14.5. The molecule has 0 spiro atoms. The van der Waals surface area contributed by atoms with E-state index in [1.165, 1.54) is 41.3 Å². The predicted octanol–water partition coefficient (Wildman–Crippen LogP) is 6.11. The van der Waals surface area contributed by atoms with E-state index in [1.807, 2.05) is 75.4 Å². The van der Waals surface area contributed by atoms with E-state index in [2.05, 4.69) is 21.2 Å². The number of benzene rings is 4. The fraction of sp³-hybridized carbons (Fsp3) is 0.235. The van der Waals surface area contributed by atoms with Crippen LogP contribution in [0.4, 0.5) is 11.4 Å². The summed E-state index contributed by atoms with van der Waals surface area (Å²) >= 11 is 3.43. The molecule has 0 unspecified atom stereocenters. The zero-order chi connectivity index (χ0) is 33.5. The third kappa shape index (κ3) is 9.01. The van der Waals surface area contributed by atoms with Crippen molar-refractivity contribution in [1.82, 2.24) is 10.2 Å². The first kappa shape index (κ1) is 34.3. The highest BCUT2D eigenvalue weighted by molar-refractivity contribution is 9.10. The van der Waals surface area contributed by atoms with Crippen molar-refractivity contribution in [3.05, 3.63) is 135 Å². The number of hydrogen-bond donors (Lipinski definition) is 1. The Labute approximate surface area is 277 Å². The van der Waals surface area contributed by atoms with Crippen molar-refractivity contribution in [3.63, 3.8) is 0 Å². The van der Waals surface area contributed by atoms with Crippen molar-refractivity contribution in [3.8, 4) is 0 Å². The van der Waals surface area contributed by atoms with Gasteiger partial charge in [-0.2, -0.15) is 0 Å². The van der Waals surface area contributed by atoms with Crippen LogP contribution in [0, 0.1) is 10.1 Å².